The molecular formula is C21H25NO4. The second kappa shape index (κ2) is 9.61. The van der Waals surface area contributed by atoms with Crippen molar-refractivity contribution in [1.29, 1.82) is 0 Å². The van der Waals surface area contributed by atoms with E-state index in [4.69, 9.17) is 9.84 Å². The van der Waals surface area contributed by atoms with Crippen molar-refractivity contribution in [2.24, 2.45) is 0 Å². The van der Waals surface area contributed by atoms with Crippen molar-refractivity contribution in [2.75, 3.05) is 13.1 Å². The largest absolute Gasteiger partial charge is 0.489 e. The highest BCUT2D eigenvalue weighted by Crippen LogP contribution is 2.17. The fourth-order valence-electron chi connectivity index (χ4n) is 2.65. The summed E-state index contributed by atoms with van der Waals surface area (Å²) in [5.74, 6) is -0.264. The predicted molar refractivity (Wildman–Crippen MR) is 100 cm³/mol. The summed E-state index contributed by atoms with van der Waals surface area (Å²) in [6, 6.07) is 15.5. The molecule has 2 aromatic rings. The molecule has 0 radical (unpaired) electrons. The summed E-state index contributed by atoms with van der Waals surface area (Å²) in [6.07, 6.45) is 0.189. The molecule has 0 heterocycles. The Bertz CT molecular complexity index is 757. The molecule has 138 valence electrons. The van der Waals surface area contributed by atoms with Gasteiger partial charge in [0.2, 0.25) is 5.91 Å². The number of aliphatic carboxylic acids is 1. The molecule has 2 rings (SSSR count). The lowest BCUT2D eigenvalue weighted by Crippen LogP contribution is -2.34. The summed E-state index contributed by atoms with van der Waals surface area (Å²) in [5, 5.41) is 8.78. The van der Waals surface area contributed by atoms with Gasteiger partial charge in [-0.2, -0.15) is 0 Å². The normalized spacial score (nSPS) is 10.4. The molecule has 0 aliphatic rings. The lowest BCUT2D eigenvalue weighted by atomic mass is 10.1. The first-order chi connectivity index (χ1) is 12.5. The number of carboxylic acid groups (broad SMARTS) is 1. The molecule has 0 aliphatic heterocycles. The zero-order valence-electron chi connectivity index (χ0n) is 15.3. The van der Waals surface area contributed by atoms with Crippen LogP contribution >= 0.6 is 0 Å². The summed E-state index contributed by atoms with van der Waals surface area (Å²) >= 11 is 0. The number of carbonyl (C=O) groups is 2. The van der Waals surface area contributed by atoms with Gasteiger partial charge in [-0.25, -0.2) is 0 Å². The summed E-state index contributed by atoms with van der Waals surface area (Å²) < 4.78 is 5.86. The number of hydrogen-bond acceptors (Lipinski definition) is 3. The van der Waals surface area contributed by atoms with Crippen LogP contribution in [0.1, 0.15) is 30.0 Å². The molecule has 0 fully saturated rings. The number of rotatable bonds is 9. The number of amides is 1. The number of benzene rings is 2. The van der Waals surface area contributed by atoms with E-state index in [1.165, 1.54) is 5.56 Å². The van der Waals surface area contributed by atoms with Gasteiger partial charge in [-0.3, -0.25) is 9.59 Å². The maximum atomic E-state index is 12.4. The van der Waals surface area contributed by atoms with Gasteiger partial charge in [0, 0.05) is 13.1 Å². The van der Waals surface area contributed by atoms with Gasteiger partial charge in [-0.1, -0.05) is 36.4 Å². The Morgan fingerprint density at radius 3 is 2.58 bits per heavy atom. The van der Waals surface area contributed by atoms with Crippen molar-refractivity contribution < 1.29 is 19.4 Å². The quantitative estimate of drug-likeness (QED) is 0.748. The van der Waals surface area contributed by atoms with Crippen LogP contribution in [0.5, 0.6) is 5.75 Å². The van der Waals surface area contributed by atoms with Crippen molar-refractivity contribution in [3.8, 4) is 5.75 Å². The zero-order chi connectivity index (χ0) is 18.9. The Labute approximate surface area is 154 Å². The Kier molecular flexibility index (Phi) is 7.21. The van der Waals surface area contributed by atoms with Gasteiger partial charge in [0.05, 0.1) is 12.8 Å². The molecular weight excluding hydrogens is 330 g/mol. The van der Waals surface area contributed by atoms with E-state index in [2.05, 4.69) is 0 Å². The Hall–Kier alpha value is -2.82. The van der Waals surface area contributed by atoms with Crippen molar-refractivity contribution >= 4 is 11.9 Å². The van der Waals surface area contributed by atoms with Crippen LogP contribution in [0.25, 0.3) is 0 Å². The molecule has 0 atom stereocenters. The maximum absolute atomic E-state index is 12.4. The van der Waals surface area contributed by atoms with E-state index in [0.717, 1.165) is 11.1 Å². The minimum absolute atomic E-state index is 0.0425. The molecule has 5 nitrogen and oxygen atoms in total. The summed E-state index contributed by atoms with van der Waals surface area (Å²) in [6.45, 7) is 5.10. The first-order valence-corrected chi connectivity index (χ1v) is 8.75. The molecule has 0 bridgehead atoms. The standard InChI is InChI=1S/C21H25NO4/c1-3-22(12-11-21(24)25)20(23)14-17-8-6-10-19(13-17)26-15-18-9-5-4-7-16(18)2/h4-10,13H,3,11-12,14-15H2,1-2H3,(H,24,25). The van der Waals surface area contributed by atoms with E-state index in [0.29, 0.717) is 18.9 Å². The van der Waals surface area contributed by atoms with Gasteiger partial charge >= 0.3 is 5.97 Å². The molecule has 0 spiro atoms. The van der Waals surface area contributed by atoms with E-state index in [1.54, 1.807) is 4.90 Å². The minimum Gasteiger partial charge on any atom is -0.489 e. The number of ether oxygens (including phenoxy) is 1. The molecule has 0 unspecified atom stereocenters. The van der Waals surface area contributed by atoms with Crippen molar-refractivity contribution in [1.82, 2.24) is 4.90 Å². The van der Waals surface area contributed by atoms with E-state index in [9.17, 15) is 9.59 Å². The second-order valence-corrected chi connectivity index (χ2v) is 6.16. The average molecular weight is 355 g/mol. The molecule has 0 aliphatic carbocycles. The lowest BCUT2D eigenvalue weighted by Gasteiger charge is -2.20. The first-order valence-electron chi connectivity index (χ1n) is 8.75. The van der Waals surface area contributed by atoms with Crippen LogP contribution in [0.15, 0.2) is 48.5 Å². The summed E-state index contributed by atoms with van der Waals surface area (Å²) in [7, 11) is 0. The number of likely N-dealkylation sites (N-methyl/N-ethyl adjacent to an activating group) is 1. The average Bonchev–Trinajstić information content (AvgIpc) is 2.61. The molecule has 0 aromatic heterocycles. The number of nitrogens with zero attached hydrogens (tertiary/aromatic N) is 1. The topological polar surface area (TPSA) is 66.8 Å². The molecule has 2 aromatic carbocycles. The highest BCUT2D eigenvalue weighted by molar-refractivity contribution is 5.79. The Morgan fingerprint density at radius 2 is 1.88 bits per heavy atom. The van der Waals surface area contributed by atoms with Gasteiger partial charge in [-0.15, -0.1) is 0 Å². The van der Waals surface area contributed by atoms with Crippen LogP contribution in [0.4, 0.5) is 0 Å². The third-order valence-corrected chi connectivity index (χ3v) is 4.24. The predicted octanol–water partition coefficient (Wildman–Crippen LogP) is 3.44. The third kappa shape index (κ3) is 5.92. The Balaban J connectivity index is 1.96. The number of hydrogen-bond donors (Lipinski definition) is 1. The summed E-state index contributed by atoms with van der Waals surface area (Å²) in [4.78, 5) is 24.7. The highest BCUT2D eigenvalue weighted by atomic mass is 16.5. The SMILES string of the molecule is CCN(CCC(=O)O)C(=O)Cc1cccc(OCc2ccccc2C)c1. The van der Waals surface area contributed by atoms with E-state index in [-0.39, 0.29) is 25.3 Å². The van der Waals surface area contributed by atoms with Crippen LogP contribution in [0.2, 0.25) is 0 Å². The van der Waals surface area contributed by atoms with Gasteiger partial charge in [0.15, 0.2) is 0 Å². The monoisotopic (exact) mass is 355 g/mol. The van der Waals surface area contributed by atoms with Crippen LogP contribution in [0.3, 0.4) is 0 Å². The van der Waals surface area contributed by atoms with Crippen molar-refractivity contribution in [3.05, 3.63) is 65.2 Å². The van der Waals surface area contributed by atoms with E-state index < -0.39 is 5.97 Å². The van der Waals surface area contributed by atoms with Crippen LogP contribution in [0, 0.1) is 6.92 Å². The third-order valence-electron chi connectivity index (χ3n) is 4.24. The smallest absolute Gasteiger partial charge is 0.305 e. The zero-order valence-corrected chi connectivity index (χ0v) is 15.3. The van der Waals surface area contributed by atoms with Crippen molar-refractivity contribution in [2.45, 2.75) is 33.3 Å². The lowest BCUT2D eigenvalue weighted by molar-refractivity contribution is -0.138. The van der Waals surface area contributed by atoms with Crippen molar-refractivity contribution in [3.63, 3.8) is 0 Å². The van der Waals surface area contributed by atoms with Gasteiger partial charge in [0.25, 0.3) is 0 Å². The maximum Gasteiger partial charge on any atom is 0.305 e. The molecule has 1 amide bonds. The second-order valence-electron chi connectivity index (χ2n) is 6.16. The highest BCUT2D eigenvalue weighted by Gasteiger charge is 2.14. The fourth-order valence-corrected chi connectivity index (χ4v) is 2.65. The van der Waals surface area contributed by atoms with Gasteiger partial charge in [-0.05, 0) is 42.7 Å². The van der Waals surface area contributed by atoms with E-state index >= 15 is 0 Å². The Morgan fingerprint density at radius 1 is 1.12 bits per heavy atom. The fraction of sp³-hybridized carbons (Fsp3) is 0.333. The molecule has 5 heteroatoms. The van der Waals surface area contributed by atoms with Gasteiger partial charge in [0.1, 0.15) is 12.4 Å². The molecule has 0 saturated heterocycles. The van der Waals surface area contributed by atoms with Crippen LogP contribution in [-0.2, 0) is 22.6 Å². The van der Waals surface area contributed by atoms with Crippen LogP contribution < -0.4 is 4.74 Å². The first kappa shape index (κ1) is 19.5. The molecule has 1 N–H and O–H groups in total. The van der Waals surface area contributed by atoms with E-state index in [1.807, 2.05) is 62.4 Å². The number of carbonyl (C=O) groups excluding carboxylic acids is 1. The molecule has 26 heavy (non-hydrogen) atoms. The minimum atomic E-state index is -0.900. The molecule has 0 saturated carbocycles. The van der Waals surface area contributed by atoms with Crippen LogP contribution in [-0.4, -0.2) is 35.0 Å². The number of aryl methyl sites for hydroxylation is 1. The number of carboxylic acids is 1. The van der Waals surface area contributed by atoms with Gasteiger partial charge < -0.3 is 14.7 Å². The summed E-state index contributed by atoms with van der Waals surface area (Å²) in [5.41, 5.74) is 3.15.